The van der Waals surface area contributed by atoms with Crippen LogP contribution in [0.1, 0.15) is 23.2 Å². The maximum absolute atomic E-state index is 11.5. The van der Waals surface area contributed by atoms with E-state index in [1.807, 2.05) is 51.4 Å². The first-order chi connectivity index (χ1) is 15.4. The van der Waals surface area contributed by atoms with Gasteiger partial charge in [-0.1, -0.05) is 29.8 Å². The lowest BCUT2D eigenvalue weighted by Crippen LogP contribution is -2.36. The topological polar surface area (TPSA) is 105 Å². The third kappa shape index (κ3) is 9.45. The maximum Gasteiger partial charge on any atom is 0.320 e. The fourth-order valence-electron chi connectivity index (χ4n) is 3.23. The summed E-state index contributed by atoms with van der Waals surface area (Å²) in [5.41, 5.74) is 10.1. The molecule has 2 heterocycles. The van der Waals surface area contributed by atoms with Crippen LogP contribution >= 0.6 is 0 Å². The van der Waals surface area contributed by atoms with Crippen LogP contribution in [0.4, 0.5) is 11.5 Å². The Hall–Kier alpha value is -2.97. The monoisotopic (exact) mass is 441 g/mol. The van der Waals surface area contributed by atoms with E-state index < -0.39 is 0 Å². The average molecular weight is 442 g/mol. The van der Waals surface area contributed by atoms with Gasteiger partial charge in [-0.15, -0.1) is 0 Å². The molecule has 1 saturated heterocycles. The molecule has 8 heteroatoms. The van der Waals surface area contributed by atoms with E-state index in [0.717, 1.165) is 56.1 Å². The summed E-state index contributed by atoms with van der Waals surface area (Å²) < 4.78 is 10.6. The van der Waals surface area contributed by atoms with E-state index in [1.165, 1.54) is 11.8 Å². The second kappa shape index (κ2) is 13.4. The molecule has 3 N–H and O–H groups in total. The molecular formula is C24H35N5O3. The quantitative estimate of drug-likeness (QED) is 0.368. The summed E-state index contributed by atoms with van der Waals surface area (Å²) in [6.07, 6.45) is 2.82. The van der Waals surface area contributed by atoms with Crippen LogP contribution in [0.3, 0.4) is 0 Å². The Morgan fingerprint density at radius 2 is 2.03 bits per heavy atom. The number of hydrogen-bond acceptors (Lipinski definition) is 8. The zero-order valence-electron chi connectivity index (χ0n) is 19.3. The fourth-order valence-corrected chi connectivity index (χ4v) is 3.23. The van der Waals surface area contributed by atoms with Crippen molar-refractivity contribution in [2.75, 3.05) is 64.2 Å². The van der Waals surface area contributed by atoms with Crippen molar-refractivity contribution < 1.29 is 14.3 Å². The molecule has 32 heavy (non-hydrogen) atoms. The summed E-state index contributed by atoms with van der Waals surface area (Å²) in [7, 11) is 3.68. The first-order valence-electron chi connectivity index (χ1n) is 10.8. The summed E-state index contributed by atoms with van der Waals surface area (Å²) in [4.78, 5) is 19.9. The van der Waals surface area contributed by atoms with E-state index in [4.69, 9.17) is 20.6 Å². The van der Waals surface area contributed by atoms with Crippen molar-refractivity contribution in [3.63, 3.8) is 0 Å². The second-order valence-electron chi connectivity index (χ2n) is 7.96. The number of aryl methyl sites for hydroxylation is 2. The third-order valence-corrected chi connectivity index (χ3v) is 4.75. The minimum atomic E-state index is -0.204. The van der Waals surface area contributed by atoms with Crippen molar-refractivity contribution >= 4 is 23.7 Å². The zero-order chi connectivity index (χ0) is 23.3. The van der Waals surface area contributed by atoms with E-state index in [9.17, 15) is 4.79 Å². The molecule has 0 saturated carbocycles. The summed E-state index contributed by atoms with van der Waals surface area (Å²) >= 11 is 0. The Labute approximate surface area is 190 Å². The van der Waals surface area contributed by atoms with Gasteiger partial charge >= 0.3 is 5.97 Å². The standard InChI is InChI=1S/C16H26N4O3.C8H9N/c1-19(2)12-16(21)23-7-3-4-13-10-14(11-15(17)18-13)20-5-8-22-9-6-20;1-7-3-2-4-8(5-7)6-9/h10-11H,3-9,12H2,1-2H3,(H2,17,18);2-6,9H,1H3. The molecule has 2 aromatic rings. The lowest BCUT2D eigenvalue weighted by atomic mass is 10.2. The average Bonchev–Trinajstić information content (AvgIpc) is 2.77. The number of esters is 1. The highest BCUT2D eigenvalue weighted by Crippen LogP contribution is 2.20. The predicted molar refractivity (Wildman–Crippen MR) is 129 cm³/mol. The number of nitrogens with one attached hydrogen (secondary N) is 1. The van der Waals surface area contributed by atoms with Crippen molar-refractivity contribution in [2.24, 2.45) is 0 Å². The predicted octanol–water partition coefficient (Wildman–Crippen LogP) is 2.53. The number of anilines is 2. The van der Waals surface area contributed by atoms with Crippen LogP contribution in [0.2, 0.25) is 0 Å². The summed E-state index contributed by atoms with van der Waals surface area (Å²) in [6.45, 7) is 5.93. The molecule has 0 atom stereocenters. The molecule has 1 aliphatic rings. The number of hydrogen-bond donors (Lipinski definition) is 2. The van der Waals surface area contributed by atoms with E-state index in [0.29, 0.717) is 19.0 Å². The number of rotatable bonds is 8. The van der Waals surface area contributed by atoms with Crippen molar-refractivity contribution in [3.8, 4) is 0 Å². The molecule has 0 radical (unpaired) electrons. The van der Waals surface area contributed by atoms with E-state index in [1.54, 1.807) is 4.90 Å². The normalized spacial score (nSPS) is 13.3. The Balaban J connectivity index is 0.000000336. The molecule has 0 unspecified atom stereocenters. The molecule has 1 aromatic carbocycles. The van der Waals surface area contributed by atoms with Crippen molar-refractivity contribution in [1.29, 1.82) is 5.41 Å². The summed E-state index contributed by atoms with van der Waals surface area (Å²) in [5.74, 6) is 0.318. The van der Waals surface area contributed by atoms with Gasteiger partial charge in [0.2, 0.25) is 0 Å². The molecule has 1 fully saturated rings. The Morgan fingerprint density at radius 3 is 2.66 bits per heavy atom. The Kier molecular flexibility index (Phi) is 10.6. The van der Waals surface area contributed by atoms with Crippen LogP contribution in [0.5, 0.6) is 0 Å². The number of nitrogens with two attached hydrogens (primary N) is 1. The van der Waals surface area contributed by atoms with E-state index in [2.05, 4.69) is 16.0 Å². The van der Waals surface area contributed by atoms with E-state index >= 15 is 0 Å². The number of ether oxygens (including phenoxy) is 2. The number of carbonyl (C=O) groups excluding carboxylic acids is 1. The van der Waals surface area contributed by atoms with Crippen LogP contribution < -0.4 is 10.6 Å². The van der Waals surface area contributed by atoms with Gasteiger partial charge in [-0.25, -0.2) is 4.98 Å². The number of nitrogens with zero attached hydrogens (tertiary/aromatic N) is 3. The van der Waals surface area contributed by atoms with Crippen molar-refractivity contribution in [2.45, 2.75) is 19.8 Å². The third-order valence-electron chi connectivity index (χ3n) is 4.75. The Bertz CT molecular complexity index is 866. The van der Waals surface area contributed by atoms with Crippen molar-refractivity contribution in [1.82, 2.24) is 9.88 Å². The highest BCUT2D eigenvalue weighted by atomic mass is 16.5. The van der Waals surface area contributed by atoms with Gasteiger partial charge in [-0.3, -0.25) is 9.69 Å². The number of carbonyl (C=O) groups is 1. The molecule has 0 spiro atoms. The number of aromatic nitrogens is 1. The number of nitrogen functional groups attached to an aromatic ring is 1. The van der Waals surface area contributed by atoms with Gasteiger partial charge in [0.25, 0.3) is 0 Å². The van der Waals surface area contributed by atoms with E-state index in [-0.39, 0.29) is 5.97 Å². The van der Waals surface area contributed by atoms with Gasteiger partial charge in [0.1, 0.15) is 5.82 Å². The number of pyridine rings is 1. The van der Waals surface area contributed by atoms with Crippen LogP contribution in [-0.2, 0) is 20.7 Å². The van der Waals surface area contributed by atoms with Gasteiger partial charge < -0.3 is 25.5 Å². The summed E-state index contributed by atoms with van der Waals surface area (Å²) in [6, 6.07) is 11.8. The van der Waals surface area contributed by atoms with Gasteiger partial charge in [0.05, 0.1) is 26.4 Å². The number of morpholine rings is 1. The van der Waals surface area contributed by atoms with Gasteiger partial charge in [-0.2, -0.15) is 0 Å². The lowest BCUT2D eigenvalue weighted by Gasteiger charge is -2.29. The lowest BCUT2D eigenvalue weighted by molar-refractivity contribution is -0.144. The molecule has 0 amide bonds. The highest BCUT2D eigenvalue weighted by Gasteiger charge is 2.13. The molecule has 0 bridgehead atoms. The minimum Gasteiger partial charge on any atom is -0.465 e. The van der Waals surface area contributed by atoms with Gasteiger partial charge in [0, 0.05) is 36.8 Å². The molecule has 1 aliphatic heterocycles. The highest BCUT2D eigenvalue weighted by molar-refractivity contribution is 5.77. The zero-order valence-corrected chi connectivity index (χ0v) is 19.3. The summed E-state index contributed by atoms with van der Waals surface area (Å²) in [5, 5.41) is 6.92. The number of likely N-dealkylation sites (N-methyl/N-ethyl adjacent to an activating group) is 1. The fraction of sp³-hybridized carbons (Fsp3) is 0.458. The second-order valence-corrected chi connectivity index (χ2v) is 7.96. The molecular weight excluding hydrogens is 406 g/mol. The van der Waals surface area contributed by atoms with Crippen LogP contribution in [0, 0.1) is 12.3 Å². The van der Waals surface area contributed by atoms with Gasteiger partial charge in [0.15, 0.2) is 0 Å². The van der Waals surface area contributed by atoms with Gasteiger partial charge in [-0.05, 0) is 45.5 Å². The minimum absolute atomic E-state index is 0.204. The molecule has 0 aliphatic carbocycles. The van der Waals surface area contributed by atoms with Crippen molar-refractivity contribution in [3.05, 3.63) is 53.2 Å². The smallest absolute Gasteiger partial charge is 0.320 e. The van der Waals surface area contributed by atoms with Crippen LogP contribution in [0.15, 0.2) is 36.4 Å². The molecule has 3 rings (SSSR count). The SMILES string of the molecule is CN(C)CC(=O)OCCCc1cc(N2CCOCC2)cc(N)n1.Cc1cccc(C=N)c1. The van der Waals surface area contributed by atoms with Crippen LogP contribution in [-0.4, -0.2) is 75.6 Å². The number of benzene rings is 1. The van der Waals surface area contributed by atoms with Crippen LogP contribution in [0.25, 0.3) is 0 Å². The molecule has 1 aromatic heterocycles. The largest absolute Gasteiger partial charge is 0.465 e. The first kappa shape index (κ1) is 25.3. The maximum atomic E-state index is 11.5. The molecule has 174 valence electrons. The molecule has 8 nitrogen and oxygen atoms in total. The first-order valence-corrected chi connectivity index (χ1v) is 10.8. The Morgan fingerprint density at radius 1 is 1.28 bits per heavy atom.